The molecular weight excluding hydrogens is 177 g/mol. The zero-order valence-corrected chi connectivity index (χ0v) is 9.64. The first kappa shape index (κ1) is 12.0. The minimum atomic E-state index is -0.538. The van der Waals surface area contributed by atoms with Crippen molar-refractivity contribution in [1.82, 2.24) is 4.90 Å². The number of hydrogen-bond acceptors (Lipinski definition) is 1. The van der Waals surface area contributed by atoms with Crippen LogP contribution < -0.4 is 0 Å². The van der Waals surface area contributed by atoms with Crippen molar-refractivity contribution in [2.45, 2.75) is 64.6 Å². The molecule has 1 heterocycles. The van der Waals surface area contributed by atoms with E-state index in [9.17, 15) is 4.39 Å². The molecule has 1 nitrogen and oxygen atoms in total. The Hall–Kier alpha value is -0.110. The van der Waals surface area contributed by atoms with Gasteiger partial charge in [0, 0.05) is 12.6 Å². The summed E-state index contributed by atoms with van der Waals surface area (Å²) in [6.45, 7) is 6.11. The van der Waals surface area contributed by atoms with Crippen LogP contribution >= 0.6 is 0 Å². The van der Waals surface area contributed by atoms with Crippen molar-refractivity contribution in [2.24, 2.45) is 0 Å². The molecule has 2 aliphatic rings. The molecule has 0 bridgehead atoms. The quantitative estimate of drug-likeness (QED) is 0.628. The predicted octanol–water partition coefficient (Wildman–Crippen LogP) is 3.39. The van der Waals surface area contributed by atoms with Crippen LogP contribution in [0.5, 0.6) is 0 Å². The van der Waals surface area contributed by atoms with Crippen molar-refractivity contribution in [3.05, 3.63) is 0 Å². The third kappa shape index (κ3) is 3.56. The molecule has 84 valence electrons. The molecule has 1 saturated carbocycles. The molecule has 14 heavy (non-hydrogen) atoms. The number of nitrogens with zero attached hydrogens (tertiary/aromatic N) is 1. The molecule has 0 N–H and O–H groups in total. The van der Waals surface area contributed by atoms with Gasteiger partial charge in [0.1, 0.15) is 6.17 Å². The smallest absolute Gasteiger partial charge is 0.113 e. The SMILES string of the molecule is CCC.FC1CCCN(C2CCC2)C1. The Balaban J connectivity index is 0.000000293. The number of piperidine rings is 1. The summed E-state index contributed by atoms with van der Waals surface area (Å²) in [7, 11) is 0. The van der Waals surface area contributed by atoms with Crippen molar-refractivity contribution >= 4 is 0 Å². The molecule has 2 heteroatoms. The lowest BCUT2D eigenvalue weighted by atomic mass is 9.90. The van der Waals surface area contributed by atoms with Crippen LogP contribution in [0, 0.1) is 0 Å². The van der Waals surface area contributed by atoms with Gasteiger partial charge in [0.2, 0.25) is 0 Å². The molecule has 2 fully saturated rings. The van der Waals surface area contributed by atoms with Crippen LogP contribution in [0.3, 0.4) is 0 Å². The molecule has 1 aliphatic heterocycles. The highest BCUT2D eigenvalue weighted by atomic mass is 19.1. The van der Waals surface area contributed by atoms with Crippen LogP contribution in [0.25, 0.3) is 0 Å². The normalized spacial score (nSPS) is 28.9. The maximum absolute atomic E-state index is 12.9. The Morgan fingerprint density at radius 3 is 2.21 bits per heavy atom. The Bertz CT molecular complexity index is 145. The van der Waals surface area contributed by atoms with E-state index in [1.54, 1.807) is 0 Å². The van der Waals surface area contributed by atoms with Gasteiger partial charge in [-0.2, -0.15) is 0 Å². The van der Waals surface area contributed by atoms with Crippen LogP contribution in [0.4, 0.5) is 4.39 Å². The minimum Gasteiger partial charge on any atom is -0.298 e. The van der Waals surface area contributed by atoms with Gasteiger partial charge < -0.3 is 0 Å². The second-order valence-corrected chi connectivity index (χ2v) is 4.53. The van der Waals surface area contributed by atoms with Gasteiger partial charge in [0.15, 0.2) is 0 Å². The summed E-state index contributed by atoms with van der Waals surface area (Å²) in [6.07, 6.45) is 6.56. The summed E-state index contributed by atoms with van der Waals surface area (Å²) in [5.41, 5.74) is 0. The minimum absolute atomic E-state index is 0.538. The first-order chi connectivity index (χ1) is 6.77. The zero-order valence-electron chi connectivity index (χ0n) is 9.64. The maximum Gasteiger partial charge on any atom is 0.113 e. The van der Waals surface area contributed by atoms with Gasteiger partial charge in [0.05, 0.1) is 0 Å². The molecule has 0 amide bonds. The van der Waals surface area contributed by atoms with Crippen molar-refractivity contribution in [1.29, 1.82) is 0 Å². The molecule has 1 unspecified atom stereocenters. The predicted molar refractivity (Wildman–Crippen MR) is 59.3 cm³/mol. The lowest BCUT2D eigenvalue weighted by molar-refractivity contribution is 0.0620. The van der Waals surface area contributed by atoms with E-state index in [4.69, 9.17) is 0 Å². The average Bonchev–Trinajstić information content (AvgIpc) is 2.02. The first-order valence-electron chi connectivity index (χ1n) is 6.16. The van der Waals surface area contributed by atoms with Gasteiger partial charge in [-0.25, -0.2) is 4.39 Å². The lowest BCUT2D eigenvalue weighted by Gasteiger charge is -2.40. The summed E-state index contributed by atoms with van der Waals surface area (Å²) in [4.78, 5) is 2.34. The van der Waals surface area contributed by atoms with Crippen LogP contribution in [0.1, 0.15) is 52.4 Å². The van der Waals surface area contributed by atoms with Gasteiger partial charge in [-0.1, -0.05) is 26.7 Å². The number of halogens is 1. The van der Waals surface area contributed by atoms with E-state index in [0.717, 1.165) is 25.4 Å². The van der Waals surface area contributed by atoms with Gasteiger partial charge in [-0.15, -0.1) is 0 Å². The number of rotatable bonds is 1. The van der Waals surface area contributed by atoms with E-state index < -0.39 is 6.17 Å². The van der Waals surface area contributed by atoms with E-state index in [1.165, 1.54) is 25.7 Å². The van der Waals surface area contributed by atoms with E-state index >= 15 is 0 Å². The van der Waals surface area contributed by atoms with Gasteiger partial charge >= 0.3 is 0 Å². The Morgan fingerprint density at radius 2 is 1.79 bits per heavy atom. The van der Waals surface area contributed by atoms with Crippen molar-refractivity contribution in [2.75, 3.05) is 13.1 Å². The molecule has 0 aromatic carbocycles. The Kier molecular flexibility index (Phi) is 5.46. The molecule has 0 aromatic rings. The summed E-state index contributed by atoms with van der Waals surface area (Å²) < 4.78 is 12.9. The van der Waals surface area contributed by atoms with Crippen LogP contribution in [0.2, 0.25) is 0 Å². The fourth-order valence-corrected chi connectivity index (χ4v) is 2.04. The molecule has 1 saturated heterocycles. The summed E-state index contributed by atoms with van der Waals surface area (Å²) in [5, 5.41) is 0. The number of likely N-dealkylation sites (tertiary alicyclic amines) is 1. The largest absolute Gasteiger partial charge is 0.298 e. The molecule has 2 rings (SSSR count). The van der Waals surface area contributed by atoms with Gasteiger partial charge in [-0.05, 0) is 32.2 Å². The van der Waals surface area contributed by atoms with E-state index in [1.807, 2.05) is 0 Å². The number of hydrogen-bond donors (Lipinski definition) is 0. The third-order valence-electron chi connectivity index (χ3n) is 2.99. The second kappa shape index (κ2) is 6.39. The topological polar surface area (TPSA) is 3.24 Å². The third-order valence-corrected chi connectivity index (χ3v) is 2.99. The molecule has 1 aliphatic carbocycles. The van der Waals surface area contributed by atoms with Crippen molar-refractivity contribution < 1.29 is 4.39 Å². The Morgan fingerprint density at radius 1 is 1.14 bits per heavy atom. The molecule has 0 aromatic heterocycles. The number of alkyl halides is 1. The fraction of sp³-hybridized carbons (Fsp3) is 1.00. The maximum atomic E-state index is 12.9. The Labute approximate surface area is 87.7 Å². The highest BCUT2D eigenvalue weighted by molar-refractivity contribution is 4.84. The highest BCUT2D eigenvalue weighted by Gasteiger charge is 2.28. The molecule has 0 radical (unpaired) electrons. The molecular formula is C12H24FN. The van der Waals surface area contributed by atoms with Gasteiger partial charge in [0.25, 0.3) is 0 Å². The standard InChI is InChI=1S/C9H16FN.C3H8/c10-8-3-2-6-11(7-8)9-4-1-5-9;1-3-2/h8-9H,1-7H2;3H2,1-2H3. The van der Waals surface area contributed by atoms with Crippen LogP contribution in [-0.4, -0.2) is 30.2 Å². The monoisotopic (exact) mass is 201 g/mol. The van der Waals surface area contributed by atoms with Crippen LogP contribution in [0.15, 0.2) is 0 Å². The van der Waals surface area contributed by atoms with E-state index in [2.05, 4.69) is 18.7 Å². The first-order valence-corrected chi connectivity index (χ1v) is 6.16. The summed E-state index contributed by atoms with van der Waals surface area (Å²) >= 11 is 0. The summed E-state index contributed by atoms with van der Waals surface area (Å²) in [6, 6.07) is 0.744. The molecule has 1 atom stereocenters. The van der Waals surface area contributed by atoms with E-state index in [0.29, 0.717) is 6.54 Å². The summed E-state index contributed by atoms with van der Waals surface area (Å²) in [5.74, 6) is 0. The van der Waals surface area contributed by atoms with Crippen molar-refractivity contribution in [3.63, 3.8) is 0 Å². The van der Waals surface area contributed by atoms with Crippen LogP contribution in [-0.2, 0) is 0 Å². The zero-order chi connectivity index (χ0) is 10.4. The molecule has 0 spiro atoms. The fourth-order valence-electron chi connectivity index (χ4n) is 2.04. The lowest BCUT2D eigenvalue weighted by Crippen LogP contribution is -2.46. The van der Waals surface area contributed by atoms with Crippen molar-refractivity contribution in [3.8, 4) is 0 Å². The van der Waals surface area contributed by atoms with E-state index in [-0.39, 0.29) is 0 Å². The second-order valence-electron chi connectivity index (χ2n) is 4.53. The highest BCUT2D eigenvalue weighted by Crippen LogP contribution is 2.27. The van der Waals surface area contributed by atoms with Gasteiger partial charge in [-0.3, -0.25) is 4.90 Å². The average molecular weight is 201 g/mol.